The SMILES string of the molecule is CC(C)Oc1cccc(C(O)CNC(C)(C)C)c1. The van der Waals surface area contributed by atoms with Crippen molar-refractivity contribution in [3.8, 4) is 5.75 Å². The van der Waals surface area contributed by atoms with E-state index in [0.29, 0.717) is 6.54 Å². The van der Waals surface area contributed by atoms with Crippen molar-refractivity contribution in [3.05, 3.63) is 29.8 Å². The summed E-state index contributed by atoms with van der Waals surface area (Å²) in [5.41, 5.74) is 0.887. The smallest absolute Gasteiger partial charge is 0.120 e. The Morgan fingerprint density at radius 3 is 2.50 bits per heavy atom. The van der Waals surface area contributed by atoms with Crippen molar-refractivity contribution >= 4 is 0 Å². The molecule has 0 aliphatic rings. The van der Waals surface area contributed by atoms with E-state index < -0.39 is 6.10 Å². The van der Waals surface area contributed by atoms with Crippen molar-refractivity contribution < 1.29 is 9.84 Å². The van der Waals surface area contributed by atoms with Gasteiger partial charge < -0.3 is 15.2 Å². The normalized spacial score (nSPS) is 13.7. The summed E-state index contributed by atoms with van der Waals surface area (Å²) in [7, 11) is 0. The van der Waals surface area contributed by atoms with E-state index in [-0.39, 0.29) is 11.6 Å². The lowest BCUT2D eigenvalue weighted by atomic mass is 10.1. The van der Waals surface area contributed by atoms with Crippen LogP contribution in [0.2, 0.25) is 0 Å². The van der Waals surface area contributed by atoms with E-state index in [4.69, 9.17) is 4.74 Å². The van der Waals surface area contributed by atoms with Crippen LogP contribution in [0.15, 0.2) is 24.3 Å². The summed E-state index contributed by atoms with van der Waals surface area (Å²) in [4.78, 5) is 0. The summed E-state index contributed by atoms with van der Waals surface area (Å²) < 4.78 is 5.62. The average molecular weight is 251 g/mol. The molecule has 18 heavy (non-hydrogen) atoms. The minimum atomic E-state index is -0.514. The van der Waals surface area contributed by atoms with Gasteiger partial charge in [0.15, 0.2) is 0 Å². The monoisotopic (exact) mass is 251 g/mol. The van der Waals surface area contributed by atoms with Crippen molar-refractivity contribution in [2.45, 2.75) is 52.4 Å². The number of hydrogen-bond donors (Lipinski definition) is 2. The number of β-amino-alcohol motifs (C(OH)–C–C–N with tert-alkyl or cyclic N) is 1. The van der Waals surface area contributed by atoms with Gasteiger partial charge in [0, 0.05) is 12.1 Å². The molecule has 0 aromatic heterocycles. The molecule has 0 spiro atoms. The van der Waals surface area contributed by atoms with Crippen LogP contribution in [0.4, 0.5) is 0 Å². The van der Waals surface area contributed by atoms with Gasteiger partial charge in [0.25, 0.3) is 0 Å². The Hall–Kier alpha value is -1.06. The van der Waals surface area contributed by atoms with E-state index in [1.807, 2.05) is 38.1 Å². The molecule has 0 saturated heterocycles. The molecule has 0 bridgehead atoms. The summed E-state index contributed by atoms with van der Waals surface area (Å²) in [5.74, 6) is 0.803. The fourth-order valence-corrected chi connectivity index (χ4v) is 1.59. The fourth-order valence-electron chi connectivity index (χ4n) is 1.59. The van der Waals surface area contributed by atoms with Crippen LogP contribution in [0.5, 0.6) is 5.75 Å². The maximum absolute atomic E-state index is 10.1. The second-order valence-electron chi connectivity index (χ2n) is 5.89. The van der Waals surface area contributed by atoms with Crippen molar-refractivity contribution in [3.63, 3.8) is 0 Å². The first-order chi connectivity index (χ1) is 8.28. The van der Waals surface area contributed by atoms with E-state index in [9.17, 15) is 5.11 Å². The molecule has 3 nitrogen and oxygen atoms in total. The molecular formula is C15H25NO2. The highest BCUT2D eigenvalue weighted by Gasteiger charge is 2.14. The minimum Gasteiger partial charge on any atom is -0.491 e. The van der Waals surface area contributed by atoms with Gasteiger partial charge in [0.05, 0.1) is 12.2 Å². The van der Waals surface area contributed by atoms with Gasteiger partial charge in [0.2, 0.25) is 0 Å². The first kappa shape index (κ1) is 15.0. The van der Waals surface area contributed by atoms with Crippen LogP contribution in [-0.2, 0) is 0 Å². The molecule has 3 heteroatoms. The van der Waals surface area contributed by atoms with Crippen LogP contribution in [-0.4, -0.2) is 23.3 Å². The molecule has 0 radical (unpaired) electrons. The van der Waals surface area contributed by atoms with Gasteiger partial charge in [-0.25, -0.2) is 0 Å². The zero-order valence-electron chi connectivity index (χ0n) is 12.0. The Bertz CT molecular complexity index is 369. The highest BCUT2D eigenvalue weighted by atomic mass is 16.5. The average Bonchev–Trinajstić information content (AvgIpc) is 2.24. The molecule has 0 amide bonds. The number of benzene rings is 1. The van der Waals surface area contributed by atoms with Gasteiger partial charge in [0.1, 0.15) is 5.75 Å². The molecule has 0 aliphatic carbocycles. The van der Waals surface area contributed by atoms with Crippen LogP contribution in [0.25, 0.3) is 0 Å². The van der Waals surface area contributed by atoms with Crippen LogP contribution < -0.4 is 10.1 Å². The highest BCUT2D eigenvalue weighted by Crippen LogP contribution is 2.20. The predicted octanol–water partition coefficient (Wildman–Crippen LogP) is 2.90. The topological polar surface area (TPSA) is 41.5 Å². The quantitative estimate of drug-likeness (QED) is 0.845. The van der Waals surface area contributed by atoms with Crippen LogP contribution in [0.3, 0.4) is 0 Å². The molecular weight excluding hydrogens is 226 g/mol. The molecule has 1 atom stereocenters. The van der Waals surface area contributed by atoms with Gasteiger partial charge >= 0.3 is 0 Å². The first-order valence-electron chi connectivity index (χ1n) is 6.47. The van der Waals surface area contributed by atoms with Crippen molar-refractivity contribution in [2.24, 2.45) is 0 Å². The fraction of sp³-hybridized carbons (Fsp3) is 0.600. The Morgan fingerprint density at radius 2 is 1.94 bits per heavy atom. The number of aliphatic hydroxyl groups is 1. The van der Waals surface area contributed by atoms with Crippen LogP contribution in [0, 0.1) is 0 Å². The predicted molar refractivity (Wildman–Crippen MR) is 74.9 cm³/mol. The largest absolute Gasteiger partial charge is 0.491 e. The maximum Gasteiger partial charge on any atom is 0.120 e. The highest BCUT2D eigenvalue weighted by molar-refractivity contribution is 5.30. The summed E-state index contributed by atoms with van der Waals surface area (Å²) >= 11 is 0. The number of aliphatic hydroxyl groups excluding tert-OH is 1. The van der Waals surface area contributed by atoms with E-state index in [1.165, 1.54) is 0 Å². The molecule has 0 saturated carbocycles. The third-order valence-electron chi connectivity index (χ3n) is 2.44. The van der Waals surface area contributed by atoms with Crippen LogP contribution >= 0.6 is 0 Å². The van der Waals surface area contributed by atoms with Gasteiger partial charge in [-0.3, -0.25) is 0 Å². The zero-order valence-corrected chi connectivity index (χ0v) is 12.0. The zero-order chi connectivity index (χ0) is 13.8. The molecule has 1 aromatic rings. The van der Waals surface area contributed by atoms with Crippen molar-refractivity contribution in [2.75, 3.05) is 6.54 Å². The Morgan fingerprint density at radius 1 is 1.28 bits per heavy atom. The maximum atomic E-state index is 10.1. The summed E-state index contributed by atoms with van der Waals surface area (Å²) in [5, 5.41) is 13.4. The number of hydrogen-bond acceptors (Lipinski definition) is 3. The molecule has 0 aliphatic heterocycles. The molecule has 1 unspecified atom stereocenters. The second kappa shape index (κ2) is 6.21. The molecule has 1 aromatic carbocycles. The van der Waals surface area contributed by atoms with Gasteiger partial charge in [-0.05, 0) is 52.3 Å². The first-order valence-corrected chi connectivity index (χ1v) is 6.47. The third-order valence-corrected chi connectivity index (χ3v) is 2.44. The van der Waals surface area contributed by atoms with E-state index in [1.54, 1.807) is 0 Å². The van der Waals surface area contributed by atoms with E-state index in [2.05, 4.69) is 26.1 Å². The Kier molecular flexibility index (Phi) is 5.17. The molecule has 0 fully saturated rings. The minimum absolute atomic E-state index is 0.00697. The summed E-state index contributed by atoms with van der Waals surface area (Å²) in [6, 6.07) is 7.64. The molecule has 1 rings (SSSR count). The van der Waals surface area contributed by atoms with Crippen molar-refractivity contribution in [1.82, 2.24) is 5.32 Å². The van der Waals surface area contributed by atoms with Gasteiger partial charge in [-0.2, -0.15) is 0 Å². The lowest BCUT2D eigenvalue weighted by Gasteiger charge is -2.23. The number of rotatable bonds is 5. The Labute approximate surface area is 110 Å². The summed E-state index contributed by atoms with van der Waals surface area (Å²) in [6.07, 6.45) is -0.370. The standard InChI is InChI=1S/C15H25NO2/c1-11(2)18-13-8-6-7-12(9-13)14(17)10-16-15(3,4)5/h6-9,11,14,16-17H,10H2,1-5H3. The van der Waals surface area contributed by atoms with Gasteiger partial charge in [-0.1, -0.05) is 12.1 Å². The van der Waals surface area contributed by atoms with Gasteiger partial charge in [-0.15, -0.1) is 0 Å². The molecule has 0 heterocycles. The molecule has 2 N–H and O–H groups in total. The van der Waals surface area contributed by atoms with E-state index >= 15 is 0 Å². The van der Waals surface area contributed by atoms with Crippen LogP contribution in [0.1, 0.15) is 46.3 Å². The molecule has 102 valence electrons. The lowest BCUT2D eigenvalue weighted by Crippen LogP contribution is -2.38. The lowest BCUT2D eigenvalue weighted by molar-refractivity contribution is 0.162. The second-order valence-corrected chi connectivity index (χ2v) is 5.89. The third kappa shape index (κ3) is 5.52. The van der Waals surface area contributed by atoms with Crippen molar-refractivity contribution in [1.29, 1.82) is 0 Å². The Balaban J connectivity index is 2.65. The van der Waals surface area contributed by atoms with E-state index in [0.717, 1.165) is 11.3 Å². The summed E-state index contributed by atoms with van der Waals surface area (Å²) in [6.45, 7) is 10.8. The number of ether oxygens (including phenoxy) is 1. The number of nitrogens with one attached hydrogen (secondary N) is 1.